The van der Waals surface area contributed by atoms with Crippen LogP contribution in [0.4, 0.5) is 0 Å². The monoisotopic (exact) mass is 225 g/mol. The van der Waals surface area contributed by atoms with E-state index in [-0.39, 0.29) is 5.54 Å². The summed E-state index contributed by atoms with van der Waals surface area (Å²) in [5.41, 5.74) is 8.17. The molecule has 16 heavy (non-hydrogen) atoms. The first kappa shape index (κ1) is 13.2. The van der Waals surface area contributed by atoms with Crippen LogP contribution in [-0.2, 0) is 24.1 Å². The van der Waals surface area contributed by atoms with Gasteiger partial charge in [-0.3, -0.25) is 4.68 Å². The second kappa shape index (κ2) is 5.46. The van der Waals surface area contributed by atoms with Crippen LogP contribution < -0.4 is 5.73 Å². The molecule has 1 aromatic rings. The molecular weight excluding hydrogens is 202 g/mol. The van der Waals surface area contributed by atoms with Crippen molar-refractivity contribution in [2.24, 2.45) is 5.73 Å². The first-order valence-corrected chi connectivity index (χ1v) is 5.85. The maximum absolute atomic E-state index is 6.17. The van der Waals surface area contributed by atoms with E-state index in [0.29, 0.717) is 6.61 Å². The molecule has 1 heterocycles. The van der Waals surface area contributed by atoms with Gasteiger partial charge < -0.3 is 10.5 Å². The highest BCUT2D eigenvalue weighted by Gasteiger charge is 2.21. The average molecular weight is 225 g/mol. The first-order chi connectivity index (χ1) is 7.52. The maximum atomic E-state index is 6.17. The van der Waals surface area contributed by atoms with Crippen LogP contribution in [-0.4, -0.2) is 29.0 Å². The fourth-order valence-electron chi connectivity index (χ4n) is 1.90. The summed E-state index contributed by atoms with van der Waals surface area (Å²) in [5.74, 6) is 0. The van der Waals surface area contributed by atoms with Gasteiger partial charge in [-0.2, -0.15) is 5.10 Å². The van der Waals surface area contributed by atoms with Crippen molar-refractivity contribution in [2.75, 3.05) is 13.7 Å². The third-order valence-electron chi connectivity index (χ3n) is 2.63. The molecule has 4 nitrogen and oxygen atoms in total. The van der Waals surface area contributed by atoms with Crippen LogP contribution in [0.3, 0.4) is 0 Å². The van der Waals surface area contributed by atoms with Crippen LogP contribution in [0.25, 0.3) is 0 Å². The van der Waals surface area contributed by atoms with Crippen LogP contribution in [0.15, 0.2) is 6.07 Å². The fraction of sp³-hybridized carbons (Fsp3) is 0.750. The number of nitrogens with two attached hydrogens (primary N) is 1. The summed E-state index contributed by atoms with van der Waals surface area (Å²) in [6, 6.07) is 2.14. The van der Waals surface area contributed by atoms with Gasteiger partial charge in [0.25, 0.3) is 0 Å². The molecule has 1 rings (SSSR count). The van der Waals surface area contributed by atoms with Gasteiger partial charge in [0, 0.05) is 31.3 Å². The van der Waals surface area contributed by atoms with Gasteiger partial charge in [0.2, 0.25) is 0 Å². The Hall–Kier alpha value is -0.870. The Morgan fingerprint density at radius 2 is 2.19 bits per heavy atom. The van der Waals surface area contributed by atoms with Crippen molar-refractivity contribution in [1.82, 2.24) is 9.78 Å². The summed E-state index contributed by atoms with van der Waals surface area (Å²) in [7, 11) is 1.68. The lowest BCUT2D eigenvalue weighted by Gasteiger charge is -2.23. The highest BCUT2D eigenvalue weighted by molar-refractivity contribution is 5.13. The van der Waals surface area contributed by atoms with Gasteiger partial charge in [0.15, 0.2) is 0 Å². The predicted molar refractivity (Wildman–Crippen MR) is 65.5 cm³/mol. The molecule has 1 unspecified atom stereocenters. The second-order valence-electron chi connectivity index (χ2n) is 4.56. The molecular formula is C12H23N3O. The molecule has 0 saturated carbocycles. The van der Waals surface area contributed by atoms with Crippen molar-refractivity contribution in [2.45, 2.75) is 45.7 Å². The molecule has 2 N–H and O–H groups in total. The molecule has 1 atom stereocenters. The Morgan fingerprint density at radius 3 is 2.69 bits per heavy atom. The van der Waals surface area contributed by atoms with Crippen molar-refractivity contribution < 1.29 is 4.74 Å². The van der Waals surface area contributed by atoms with Crippen LogP contribution in [0.1, 0.15) is 32.2 Å². The van der Waals surface area contributed by atoms with Crippen molar-refractivity contribution >= 4 is 0 Å². The average Bonchev–Trinajstić information content (AvgIpc) is 2.59. The lowest BCUT2D eigenvalue weighted by atomic mass is 9.98. The summed E-state index contributed by atoms with van der Waals surface area (Å²) in [6.45, 7) is 7.67. The highest BCUT2D eigenvalue weighted by atomic mass is 16.5. The van der Waals surface area contributed by atoms with Gasteiger partial charge in [-0.25, -0.2) is 0 Å². The van der Waals surface area contributed by atoms with E-state index in [4.69, 9.17) is 10.5 Å². The van der Waals surface area contributed by atoms with E-state index in [1.54, 1.807) is 7.11 Å². The number of aromatic nitrogens is 2. The minimum atomic E-state index is -0.327. The van der Waals surface area contributed by atoms with E-state index in [2.05, 4.69) is 25.0 Å². The Kier molecular flexibility index (Phi) is 4.50. The van der Waals surface area contributed by atoms with Crippen molar-refractivity contribution in [3.05, 3.63) is 17.5 Å². The van der Waals surface area contributed by atoms with E-state index < -0.39 is 0 Å². The van der Waals surface area contributed by atoms with E-state index in [0.717, 1.165) is 25.1 Å². The number of nitrogens with zero attached hydrogens (tertiary/aromatic N) is 2. The van der Waals surface area contributed by atoms with Crippen LogP contribution in [0, 0.1) is 0 Å². The molecule has 0 aliphatic rings. The summed E-state index contributed by atoms with van der Waals surface area (Å²) in [6.07, 6.45) is 1.76. The van der Waals surface area contributed by atoms with Gasteiger partial charge >= 0.3 is 0 Å². The summed E-state index contributed by atoms with van der Waals surface area (Å²) < 4.78 is 7.16. The topological polar surface area (TPSA) is 53.1 Å². The largest absolute Gasteiger partial charge is 0.383 e. The second-order valence-corrected chi connectivity index (χ2v) is 4.56. The molecule has 0 saturated heterocycles. The molecule has 0 aliphatic heterocycles. The fourth-order valence-corrected chi connectivity index (χ4v) is 1.90. The zero-order chi connectivity index (χ0) is 12.2. The van der Waals surface area contributed by atoms with E-state index in [1.165, 1.54) is 5.69 Å². The number of ether oxygens (including phenoxy) is 1. The molecule has 92 valence electrons. The molecule has 0 bridgehead atoms. The zero-order valence-corrected chi connectivity index (χ0v) is 10.8. The molecule has 0 aromatic carbocycles. The zero-order valence-electron chi connectivity index (χ0n) is 10.8. The normalized spacial score (nSPS) is 15.1. The lowest BCUT2D eigenvalue weighted by molar-refractivity contribution is 0.139. The van der Waals surface area contributed by atoms with E-state index in [9.17, 15) is 0 Å². The molecule has 1 aromatic heterocycles. The van der Waals surface area contributed by atoms with Crippen LogP contribution in [0.5, 0.6) is 0 Å². The quantitative estimate of drug-likeness (QED) is 0.795. The van der Waals surface area contributed by atoms with E-state index in [1.807, 2.05) is 11.6 Å². The minimum Gasteiger partial charge on any atom is -0.383 e. The minimum absolute atomic E-state index is 0.327. The standard InChI is InChI=1S/C12H23N3O/c1-5-10-7-11(15(6-2)14-10)8-12(3,13)9-16-4/h7H,5-6,8-9,13H2,1-4H3. The smallest absolute Gasteiger partial charge is 0.0643 e. The maximum Gasteiger partial charge on any atom is 0.0643 e. The van der Waals surface area contributed by atoms with Gasteiger partial charge in [-0.1, -0.05) is 6.92 Å². The third kappa shape index (κ3) is 3.32. The SMILES string of the molecule is CCc1cc(CC(C)(N)COC)n(CC)n1. The summed E-state index contributed by atoms with van der Waals surface area (Å²) in [4.78, 5) is 0. The first-order valence-electron chi connectivity index (χ1n) is 5.85. The summed E-state index contributed by atoms with van der Waals surface area (Å²) in [5, 5.41) is 4.51. The Labute approximate surface area is 97.8 Å². The van der Waals surface area contributed by atoms with Crippen molar-refractivity contribution in [1.29, 1.82) is 0 Å². The van der Waals surface area contributed by atoms with Crippen LogP contribution >= 0.6 is 0 Å². The highest BCUT2D eigenvalue weighted by Crippen LogP contribution is 2.13. The Morgan fingerprint density at radius 1 is 1.50 bits per heavy atom. The van der Waals surface area contributed by atoms with Gasteiger partial charge in [-0.15, -0.1) is 0 Å². The predicted octanol–water partition coefficient (Wildman–Crippen LogP) is 1.37. The van der Waals surface area contributed by atoms with Crippen molar-refractivity contribution in [3.63, 3.8) is 0 Å². The molecule has 0 radical (unpaired) electrons. The number of hydrogen-bond acceptors (Lipinski definition) is 3. The molecule has 4 heteroatoms. The van der Waals surface area contributed by atoms with Gasteiger partial charge in [0.1, 0.15) is 0 Å². The number of hydrogen-bond donors (Lipinski definition) is 1. The number of aryl methyl sites for hydroxylation is 2. The molecule has 0 spiro atoms. The molecule has 0 aliphatic carbocycles. The Bertz CT molecular complexity index is 331. The molecule has 0 fully saturated rings. The van der Waals surface area contributed by atoms with Gasteiger partial charge in [-0.05, 0) is 26.3 Å². The van der Waals surface area contributed by atoms with Gasteiger partial charge in [0.05, 0.1) is 12.3 Å². The number of rotatable bonds is 6. The lowest BCUT2D eigenvalue weighted by Crippen LogP contribution is -2.43. The number of methoxy groups -OCH3 is 1. The third-order valence-corrected chi connectivity index (χ3v) is 2.63. The summed E-state index contributed by atoms with van der Waals surface area (Å²) >= 11 is 0. The van der Waals surface area contributed by atoms with Crippen molar-refractivity contribution in [3.8, 4) is 0 Å². The van der Waals surface area contributed by atoms with Crippen LogP contribution in [0.2, 0.25) is 0 Å². The molecule has 0 amide bonds. The Balaban J connectivity index is 2.82. The van der Waals surface area contributed by atoms with E-state index >= 15 is 0 Å².